The maximum absolute atomic E-state index is 12.9. The van der Waals surface area contributed by atoms with Gasteiger partial charge in [-0.1, -0.05) is 12.1 Å². The summed E-state index contributed by atoms with van der Waals surface area (Å²) in [5.41, 5.74) is 1.73. The maximum Gasteiger partial charge on any atom is 0.258 e. The minimum atomic E-state index is -0.361. The lowest BCUT2D eigenvalue weighted by molar-refractivity contribution is 0.102. The predicted molar refractivity (Wildman–Crippen MR) is 126 cm³/mol. The van der Waals surface area contributed by atoms with Gasteiger partial charge in [-0.2, -0.15) is 0 Å². The van der Waals surface area contributed by atoms with E-state index in [1.807, 2.05) is 6.07 Å². The number of pyridine rings is 1. The predicted octanol–water partition coefficient (Wildman–Crippen LogP) is 3.55. The number of ether oxygens (including phenoxy) is 4. The molecule has 0 aliphatic carbocycles. The Hall–Kier alpha value is -4.53. The zero-order valence-corrected chi connectivity index (χ0v) is 18.9. The van der Waals surface area contributed by atoms with Crippen LogP contribution in [0.4, 0.5) is 5.69 Å². The number of nitrogens with one attached hydrogen (secondary N) is 1. The first-order valence-electron chi connectivity index (χ1n) is 10.3. The molecule has 4 aromatic rings. The van der Waals surface area contributed by atoms with E-state index in [9.17, 15) is 9.59 Å². The summed E-state index contributed by atoms with van der Waals surface area (Å²) in [5, 5.41) is 2.83. The van der Waals surface area contributed by atoms with Crippen LogP contribution in [0.3, 0.4) is 0 Å². The Kier molecular flexibility index (Phi) is 6.63. The number of carbonyl (C=O) groups is 1. The summed E-state index contributed by atoms with van der Waals surface area (Å²) in [6.45, 7) is 0.102. The number of rotatable bonds is 8. The molecule has 1 amide bonds. The summed E-state index contributed by atoms with van der Waals surface area (Å²) < 4.78 is 23.2. The molecule has 0 saturated carbocycles. The Morgan fingerprint density at radius 3 is 2.41 bits per heavy atom. The number of nitrogens with zero attached hydrogens (tertiary/aromatic N) is 2. The van der Waals surface area contributed by atoms with Crippen molar-refractivity contribution in [2.45, 2.75) is 6.61 Å². The third-order valence-electron chi connectivity index (χ3n) is 5.03. The van der Waals surface area contributed by atoms with Gasteiger partial charge in [-0.05, 0) is 36.4 Å². The fourth-order valence-electron chi connectivity index (χ4n) is 3.41. The highest BCUT2D eigenvalue weighted by Gasteiger charge is 2.17. The SMILES string of the molecule is COc1cc(C(=O)Nc2cccc(OCc3cc(=O)n4ccccc4n3)c2)cc(OC)c1OC. The van der Waals surface area contributed by atoms with Gasteiger partial charge in [0.15, 0.2) is 11.5 Å². The number of aromatic nitrogens is 2. The van der Waals surface area contributed by atoms with Crippen LogP contribution in [0.25, 0.3) is 5.65 Å². The topological polar surface area (TPSA) is 100 Å². The van der Waals surface area contributed by atoms with Gasteiger partial charge in [0.05, 0.1) is 27.0 Å². The molecule has 0 aliphatic heterocycles. The second-order valence-electron chi connectivity index (χ2n) is 7.20. The number of benzene rings is 2. The van der Waals surface area contributed by atoms with E-state index in [0.717, 1.165) is 0 Å². The van der Waals surface area contributed by atoms with Crippen molar-refractivity contribution >= 4 is 17.2 Å². The Labute approximate surface area is 195 Å². The number of hydrogen-bond donors (Lipinski definition) is 1. The zero-order valence-electron chi connectivity index (χ0n) is 18.9. The normalized spacial score (nSPS) is 10.6. The van der Waals surface area contributed by atoms with Crippen molar-refractivity contribution in [1.82, 2.24) is 9.38 Å². The van der Waals surface area contributed by atoms with E-state index in [1.54, 1.807) is 54.7 Å². The number of hydrogen-bond acceptors (Lipinski definition) is 7. The molecule has 2 heterocycles. The van der Waals surface area contributed by atoms with Gasteiger partial charge >= 0.3 is 0 Å². The molecule has 0 bridgehead atoms. The minimum Gasteiger partial charge on any atom is -0.493 e. The smallest absolute Gasteiger partial charge is 0.258 e. The van der Waals surface area contributed by atoms with Crippen molar-refractivity contribution < 1.29 is 23.7 Å². The van der Waals surface area contributed by atoms with Crippen LogP contribution in [0.1, 0.15) is 16.1 Å². The van der Waals surface area contributed by atoms with Gasteiger partial charge in [-0.3, -0.25) is 14.0 Å². The molecule has 2 aromatic carbocycles. The Morgan fingerprint density at radius 1 is 0.941 bits per heavy atom. The molecular formula is C25H23N3O6. The molecule has 0 saturated heterocycles. The number of methoxy groups -OCH3 is 3. The summed E-state index contributed by atoms with van der Waals surface area (Å²) >= 11 is 0. The lowest BCUT2D eigenvalue weighted by atomic mass is 10.1. The van der Waals surface area contributed by atoms with Gasteiger partial charge in [-0.25, -0.2) is 4.98 Å². The monoisotopic (exact) mass is 461 g/mol. The Balaban J connectivity index is 1.49. The lowest BCUT2D eigenvalue weighted by Crippen LogP contribution is -2.16. The third kappa shape index (κ3) is 4.78. The second kappa shape index (κ2) is 9.95. The first kappa shape index (κ1) is 22.7. The van der Waals surface area contributed by atoms with Crippen LogP contribution >= 0.6 is 0 Å². The third-order valence-corrected chi connectivity index (χ3v) is 5.03. The Morgan fingerprint density at radius 2 is 1.71 bits per heavy atom. The average molecular weight is 461 g/mol. The number of fused-ring (bicyclic) bond motifs is 1. The fraction of sp³-hybridized carbons (Fsp3) is 0.160. The highest BCUT2D eigenvalue weighted by molar-refractivity contribution is 6.05. The Bertz CT molecular complexity index is 1370. The first-order valence-corrected chi connectivity index (χ1v) is 10.3. The van der Waals surface area contributed by atoms with E-state index in [0.29, 0.717) is 45.6 Å². The quantitative estimate of drug-likeness (QED) is 0.428. The first-order chi connectivity index (χ1) is 16.5. The standard InChI is InChI=1S/C25H23N3O6/c1-31-20-11-16(12-21(32-2)24(20)33-3)25(30)27-17-7-6-8-19(13-17)34-15-18-14-23(29)28-10-5-4-9-22(28)26-18/h4-14H,15H2,1-3H3,(H,27,30). The van der Waals surface area contributed by atoms with Crippen LogP contribution in [-0.4, -0.2) is 36.6 Å². The summed E-state index contributed by atoms with van der Waals surface area (Å²) in [6, 6.07) is 16.8. The van der Waals surface area contributed by atoms with E-state index in [4.69, 9.17) is 18.9 Å². The molecule has 0 atom stereocenters. The summed E-state index contributed by atoms with van der Waals surface area (Å²) in [7, 11) is 4.47. The molecule has 0 fully saturated rings. The summed E-state index contributed by atoms with van der Waals surface area (Å²) in [4.78, 5) is 29.5. The molecule has 2 aromatic heterocycles. The van der Waals surface area contributed by atoms with Gasteiger partial charge < -0.3 is 24.3 Å². The van der Waals surface area contributed by atoms with Crippen LogP contribution in [0.15, 0.2) is 71.7 Å². The molecule has 1 N–H and O–H groups in total. The van der Waals surface area contributed by atoms with Crippen LogP contribution in [0.5, 0.6) is 23.0 Å². The van der Waals surface area contributed by atoms with E-state index in [2.05, 4.69) is 10.3 Å². The molecule has 0 radical (unpaired) electrons. The van der Waals surface area contributed by atoms with Crippen molar-refractivity contribution in [2.75, 3.05) is 26.6 Å². The van der Waals surface area contributed by atoms with Gasteiger partial charge in [0.1, 0.15) is 18.0 Å². The van der Waals surface area contributed by atoms with Gasteiger partial charge in [-0.15, -0.1) is 0 Å². The van der Waals surface area contributed by atoms with Gasteiger partial charge in [0.25, 0.3) is 11.5 Å². The largest absolute Gasteiger partial charge is 0.493 e. The van der Waals surface area contributed by atoms with Crippen LogP contribution < -0.4 is 29.8 Å². The maximum atomic E-state index is 12.9. The lowest BCUT2D eigenvalue weighted by Gasteiger charge is -2.14. The van der Waals surface area contributed by atoms with E-state index in [1.165, 1.54) is 31.8 Å². The molecule has 34 heavy (non-hydrogen) atoms. The molecule has 0 spiro atoms. The van der Waals surface area contributed by atoms with Crippen LogP contribution in [-0.2, 0) is 6.61 Å². The molecule has 0 unspecified atom stereocenters. The van der Waals surface area contributed by atoms with Crippen LogP contribution in [0.2, 0.25) is 0 Å². The molecule has 0 aliphatic rings. The molecule has 174 valence electrons. The summed E-state index contributed by atoms with van der Waals surface area (Å²) in [5.74, 6) is 1.31. The number of amides is 1. The zero-order chi connectivity index (χ0) is 24.1. The highest BCUT2D eigenvalue weighted by Crippen LogP contribution is 2.38. The van der Waals surface area contributed by atoms with E-state index in [-0.39, 0.29) is 18.1 Å². The van der Waals surface area contributed by atoms with Crippen molar-refractivity contribution in [3.63, 3.8) is 0 Å². The van der Waals surface area contributed by atoms with Crippen molar-refractivity contribution in [3.8, 4) is 23.0 Å². The minimum absolute atomic E-state index is 0.102. The molecule has 4 rings (SSSR count). The number of anilines is 1. The van der Waals surface area contributed by atoms with E-state index < -0.39 is 0 Å². The molecule has 9 heteroatoms. The average Bonchev–Trinajstić information content (AvgIpc) is 2.86. The van der Waals surface area contributed by atoms with E-state index >= 15 is 0 Å². The summed E-state index contributed by atoms with van der Waals surface area (Å²) in [6.07, 6.45) is 1.66. The van der Waals surface area contributed by atoms with Crippen molar-refractivity contribution in [1.29, 1.82) is 0 Å². The fourth-order valence-corrected chi connectivity index (χ4v) is 3.41. The van der Waals surface area contributed by atoms with Gasteiger partial charge in [0, 0.05) is 29.6 Å². The van der Waals surface area contributed by atoms with Crippen molar-refractivity contribution in [3.05, 3.63) is 88.5 Å². The van der Waals surface area contributed by atoms with Crippen LogP contribution in [0, 0.1) is 0 Å². The molecule has 9 nitrogen and oxygen atoms in total. The molecular weight excluding hydrogens is 438 g/mol. The second-order valence-corrected chi connectivity index (χ2v) is 7.20. The van der Waals surface area contributed by atoms with Crippen molar-refractivity contribution in [2.24, 2.45) is 0 Å². The number of carbonyl (C=O) groups excluding carboxylic acids is 1. The highest BCUT2D eigenvalue weighted by atomic mass is 16.5. The van der Waals surface area contributed by atoms with Gasteiger partial charge in [0.2, 0.25) is 5.75 Å².